The van der Waals surface area contributed by atoms with Crippen molar-refractivity contribution >= 4 is 17.7 Å². The van der Waals surface area contributed by atoms with E-state index in [0.717, 1.165) is 23.6 Å². The third-order valence-corrected chi connectivity index (χ3v) is 3.70. The van der Waals surface area contributed by atoms with Crippen LogP contribution in [0.15, 0.2) is 35.3 Å². The first-order chi connectivity index (χ1) is 8.13. The number of aliphatic imine (C=N–C) groups is 1. The average Bonchev–Trinajstić information content (AvgIpc) is 2.63. The van der Waals surface area contributed by atoms with Gasteiger partial charge in [-0.3, -0.25) is 0 Å². The highest BCUT2D eigenvalue weighted by Gasteiger charge is 2.38. The third kappa shape index (κ3) is 2.83. The lowest BCUT2D eigenvalue weighted by molar-refractivity contribution is 0.0963. The molecule has 2 rings (SSSR count). The molecule has 1 aromatic rings. The van der Waals surface area contributed by atoms with E-state index in [0.29, 0.717) is 0 Å². The van der Waals surface area contributed by atoms with Gasteiger partial charge in [0.25, 0.3) is 0 Å². The molecule has 0 amide bonds. The smallest absolute Gasteiger partial charge is 0.217 e. The number of thioether (sulfide) groups is 1. The van der Waals surface area contributed by atoms with Crippen molar-refractivity contribution in [3.05, 3.63) is 35.9 Å². The summed E-state index contributed by atoms with van der Waals surface area (Å²) in [6.45, 7) is 4.24. The molecule has 1 aliphatic rings. The molecule has 3 heteroatoms. The molecule has 0 N–H and O–H groups in total. The van der Waals surface area contributed by atoms with Crippen LogP contribution in [-0.2, 0) is 4.74 Å². The molecule has 1 heterocycles. The maximum Gasteiger partial charge on any atom is 0.217 e. The van der Waals surface area contributed by atoms with E-state index in [4.69, 9.17) is 9.73 Å². The predicted molar refractivity (Wildman–Crippen MR) is 74.9 cm³/mol. The Morgan fingerprint density at radius 3 is 2.65 bits per heavy atom. The van der Waals surface area contributed by atoms with Crippen LogP contribution in [0.1, 0.15) is 25.8 Å². The lowest BCUT2D eigenvalue weighted by Crippen LogP contribution is -2.33. The lowest BCUT2D eigenvalue weighted by atomic mass is 9.98. The molecule has 0 aliphatic carbocycles. The monoisotopic (exact) mass is 249 g/mol. The molecular formula is C14H19NOS. The minimum atomic E-state index is -0.180. The van der Waals surface area contributed by atoms with Gasteiger partial charge in [0, 0.05) is 5.56 Å². The van der Waals surface area contributed by atoms with E-state index in [-0.39, 0.29) is 11.6 Å². The molecule has 0 aromatic heterocycles. The zero-order chi connectivity index (χ0) is 12.3. The van der Waals surface area contributed by atoms with Crippen molar-refractivity contribution in [3.8, 4) is 0 Å². The Balaban J connectivity index is 2.16. The van der Waals surface area contributed by atoms with Crippen LogP contribution in [-0.4, -0.2) is 29.5 Å². The maximum atomic E-state index is 5.99. The van der Waals surface area contributed by atoms with Crippen LogP contribution in [0, 0.1) is 0 Å². The van der Waals surface area contributed by atoms with E-state index in [9.17, 15) is 0 Å². The maximum absolute atomic E-state index is 5.99. The summed E-state index contributed by atoms with van der Waals surface area (Å²) < 4.78 is 5.99. The molecule has 1 unspecified atom stereocenters. The van der Waals surface area contributed by atoms with E-state index in [1.807, 2.05) is 42.1 Å². The molecule has 2 nitrogen and oxygen atoms in total. The second kappa shape index (κ2) is 5.13. The van der Waals surface area contributed by atoms with Crippen LogP contribution >= 0.6 is 11.8 Å². The van der Waals surface area contributed by atoms with Gasteiger partial charge in [-0.1, -0.05) is 18.2 Å². The molecule has 0 saturated heterocycles. The number of rotatable bonds is 4. The van der Waals surface area contributed by atoms with Crippen LogP contribution in [0.4, 0.5) is 0 Å². The fourth-order valence-corrected chi connectivity index (χ4v) is 2.46. The fraction of sp³-hybridized carbons (Fsp3) is 0.500. The molecule has 0 fully saturated rings. The summed E-state index contributed by atoms with van der Waals surface area (Å²) >= 11 is 1.86. The molecule has 1 atom stereocenters. The summed E-state index contributed by atoms with van der Waals surface area (Å²) in [4.78, 5) is 4.73. The summed E-state index contributed by atoms with van der Waals surface area (Å²) in [6.07, 6.45) is 3.20. The lowest BCUT2D eigenvalue weighted by Gasteiger charge is -2.24. The Labute approximate surface area is 107 Å². The number of hydrogen-bond donors (Lipinski definition) is 0. The van der Waals surface area contributed by atoms with Crippen molar-refractivity contribution in [2.45, 2.75) is 31.9 Å². The van der Waals surface area contributed by atoms with Gasteiger partial charge in [-0.2, -0.15) is 11.8 Å². The zero-order valence-electron chi connectivity index (χ0n) is 10.6. The number of hydrogen-bond acceptors (Lipinski definition) is 3. The van der Waals surface area contributed by atoms with Gasteiger partial charge in [-0.15, -0.1) is 0 Å². The molecular weight excluding hydrogens is 230 g/mol. The normalized spacial score (nSPS) is 22.1. The van der Waals surface area contributed by atoms with Crippen molar-refractivity contribution in [1.29, 1.82) is 0 Å². The second-order valence-electron chi connectivity index (χ2n) is 4.80. The van der Waals surface area contributed by atoms with Gasteiger partial charge in [-0.05, 0) is 44.4 Å². The van der Waals surface area contributed by atoms with Gasteiger partial charge in [0.15, 0.2) is 0 Å². The van der Waals surface area contributed by atoms with Crippen molar-refractivity contribution < 1.29 is 4.74 Å². The predicted octanol–water partition coefficient (Wildman–Crippen LogP) is 3.36. The molecule has 92 valence electrons. The Morgan fingerprint density at radius 2 is 2.00 bits per heavy atom. The summed E-state index contributed by atoms with van der Waals surface area (Å²) in [6, 6.07) is 10.4. The van der Waals surface area contributed by atoms with Crippen LogP contribution in [0.2, 0.25) is 0 Å². The molecule has 0 bridgehead atoms. The van der Waals surface area contributed by atoms with Crippen LogP contribution < -0.4 is 0 Å². The summed E-state index contributed by atoms with van der Waals surface area (Å²) in [5.74, 6) is 1.92. The van der Waals surface area contributed by atoms with E-state index < -0.39 is 0 Å². The van der Waals surface area contributed by atoms with Crippen molar-refractivity contribution in [2.24, 2.45) is 4.99 Å². The number of benzene rings is 1. The van der Waals surface area contributed by atoms with Crippen molar-refractivity contribution in [2.75, 3.05) is 12.0 Å². The highest BCUT2D eigenvalue weighted by molar-refractivity contribution is 7.98. The second-order valence-corrected chi connectivity index (χ2v) is 5.79. The molecule has 17 heavy (non-hydrogen) atoms. The highest BCUT2D eigenvalue weighted by Crippen LogP contribution is 2.30. The van der Waals surface area contributed by atoms with Gasteiger partial charge < -0.3 is 4.74 Å². The molecule has 0 saturated carbocycles. The van der Waals surface area contributed by atoms with Gasteiger partial charge >= 0.3 is 0 Å². The SMILES string of the molecule is CSCCC1N=C(c2ccccc2)OC1(C)C. The van der Waals surface area contributed by atoms with Gasteiger partial charge in [0.2, 0.25) is 5.90 Å². The quantitative estimate of drug-likeness (QED) is 0.816. The van der Waals surface area contributed by atoms with Crippen molar-refractivity contribution in [1.82, 2.24) is 0 Å². The van der Waals surface area contributed by atoms with Crippen LogP contribution in [0.3, 0.4) is 0 Å². The topological polar surface area (TPSA) is 21.6 Å². The first-order valence-corrected chi connectivity index (χ1v) is 7.34. The highest BCUT2D eigenvalue weighted by atomic mass is 32.2. The fourth-order valence-electron chi connectivity index (χ4n) is 2.00. The zero-order valence-corrected chi connectivity index (χ0v) is 11.5. The summed E-state index contributed by atoms with van der Waals surface area (Å²) in [7, 11) is 0. The Bertz CT molecular complexity index is 400. The Kier molecular flexibility index (Phi) is 3.77. The summed E-state index contributed by atoms with van der Waals surface area (Å²) in [5, 5.41) is 0. The van der Waals surface area contributed by atoms with Gasteiger partial charge in [-0.25, -0.2) is 4.99 Å². The Hall–Kier alpha value is -0.960. The number of ether oxygens (including phenoxy) is 1. The number of nitrogens with zero attached hydrogens (tertiary/aromatic N) is 1. The van der Waals surface area contributed by atoms with E-state index in [1.54, 1.807) is 0 Å². The summed E-state index contributed by atoms with van der Waals surface area (Å²) in [5.41, 5.74) is 0.896. The third-order valence-electron chi connectivity index (χ3n) is 3.05. The molecule has 0 spiro atoms. The van der Waals surface area contributed by atoms with Crippen molar-refractivity contribution in [3.63, 3.8) is 0 Å². The first-order valence-electron chi connectivity index (χ1n) is 5.94. The largest absolute Gasteiger partial charge is 0.469 e. The Morgan fingerprint density at radius 1 is 1.29 bits per heavy atom. The van der Waals surface area contributed by atoms with Gasteiger partial charge in [0.05, 0.1) is 6.04 Å². The minimum absolute atomic E-state index is 0.180. The standard InChI is InChI=1S/C14H19NOS/c1-14(2)12(9-10-17-3)15-13(16-14)11-7-5-4-6-8-11/h4-8,12H,9-10H2,1-3H3. The molecule has 0 radical (unpaired) electrons. The van der Waals surface area contributed by atoms with E-state index in [1.165, 1.54) is 0 Å². The van der Waals surface area contributed by atoms with E-state index in [2.05, 4.69) is 20.1 Å². The minimum Gasteiger partial charge on any atom is -0.469 e. The molecule has 1 aliphatic heterocycles. The van der Waals surface area contributed by atoms with E-state index >= 15 is 0 Å². The first kappa shape index (κ1) is 12.5. The molecule has 1 aromatic carbocycles. The van der Waals surface area contributed by atoms with Gasteiger partial charge in [0.1, 0.15) is 5.60 Å². The van der Waals surface area contributed by atoms with Crippen LogP contribution in [0.5, 0.6) is 0 Å². The van der Waals surface area contributed by atoms with Crippen LogP contribution in [0.25, 0.3) is 0 Å². The average molecular weight is 249 g/mol.